The fourth-order valence-electron chi connectivity index (χ4n) is 6.78. The molecule has 0 aliphatic carbocycles. The number of rotatable bonds is 8. The van der Waals surface area contributed by atoms with Crippen LogP contribution >= 0.6 is 0 Å². The molecular weight excluding hydrogens is 593 g/mol. The number of benzene rings is 8. The summed E-state index contributed by atoms with van der Waals surface area (Å²) in [5.41, 5.74) is 10.5. The Morgan fingerprint density at radius 3 is 1.49 bits per heavy atom. The molecule has 0 radical (unpaired) electrons. The molecule has 236 valence electrons. The summed E-state index contributed by atoms with van der Waals surface area (Å²) in [6, 6.07) is 67.9. The Morgan fingerprint density at radius 2 is 0.837 bits per heavy atom. The molecule has 8 aromatic rings. The second kappa shape index (κ2) is 13.2. The highest BCUT2D eigenvalue weighted by Gasteiger charge is 2.17. The molecule has 0 atom stereocenters. The van der Waals surface area contributed by atoms with Gasteiger partial charge in [-0.25, -0.2) is 0 Å². The first kappa shape index (κ1) is 30.2. The van der Waals surface area contributed by atoms with Gasteiger partial charge in [-0.1, -0.05) is 135 Å². The minimum absolute atomic E-state index is 0.484. The standard InChI is InChI=1S/C47H38N2/c1-34(2)35-19-26-43(27-20-35)49(47-18-10-14-39-12-8-9-17-46(39)47)44-30-23-38(24-31-44)37-21-28-42(29-22-37)48(41-15-4-3-5-16-41)45-32-25-36-11-6-7-13-40(36)33-45/h3-34H,1-2H3. The molecule has 2 nitrogen and oxygen atoms in total. The van der Waals surface area contributed by atoms with Crippen molar-refractivity contribution in [1.29, 1.82) is 0 Å². The van der Waals surface area contributed by atoms with Crippen LogP contribution in [-0.2, 0) is 0 Å². The van der Waals surface area contributed by atoms with Gasteiger partial charge in [-0.3, -0.25) is 0 Å². The Bertz CT molecular complexity index is 2330. The van der Waals surface area contributed by atoms with Crippen molar-refractivity contribution in [2.24, 2.45) is 0 Å². The lowest BCUT2D eigenvalue weighted by Gasteiger charge is -2.27. The Balaban J connectivity index is 1.14. The summed E-state index contributed by atoms with van der Waals surface area (Å²) < 4.78 is 0. The molecule has 8 aromatic carbocycles. The van der Waals surface area contributed by atoms with E-state index in [0.717, 1.165) is 28.4 Å². The van der Waals surface area contributed by atoms with E-state index in [0.29, 0.717) is 5.92 Å². The second-order valence-electron chi connectivity index (χ2n) is 12.9. The summed E-state index contributed by atoms with van der Waals surface area (Å²) >= 11 is 0. The van der Waals surface area contributed by atoms with E-state index in [1.54, 1.807) is 0 Å². The van der Waals surface area contributed by atoms with Crippen LogP contribution < -0.4 is 9.80 Å². The van der Waals surface area contributed by atoms with Crippen LogP contribution in [0.25, 0.3) is 32.7 Å². The van der Waals surface area contributed by atoms with E-state index in [4.69, 9.17) is 0 Å². The van der Waals surface area contributed by atoms with E-state index >= 15 is 0 Å². The van der Waals surface area contributed by atoms with E-state index in [1.165, 1.54) is 43.9 Å². The molecular formula is C47H38N2. The van der Waals surface area contributed by atoms with Gasteiger partial charge in [0, 0.05) is 33.8 Å². The van der Waals surface area contributed by atoms with Crippen molar-refractivity contribution in [3.63, 3.8) is 0 Å². The van der Waals surface area contributed by atoms with Gasteiger partial charge >= 0.3 is 0 Å². The van der Waals surface area contributed by atoms with Gasteiger partial charge in [0.25, 0.3) is 0 Å². The lowest BCUT2D eigenvalue weighted by molar-refractivity contribution is 0.866. The molecule has 0 N–H and O–H groups in total. The summed E-state index contributed by atoms with van der Waals surface area (Å²) in [5, 5.41) is 4.93. The summed E-state index contributed by atoms with van der Waals surface area (Å²) in [6.07, 6.45) is 0. The van der Waals surface area contributed by atoms with E-state index in [-0.39, 0.29) is 0 Å². The van der Waals surface area contributed by atoms with Gasteiger partial charge in [0.1, 0.15) is 0 Å². The van der Waals surface area contributed by atoms with E-state index in [2.05, 4.69) is 212 Å². The van der Waals surface area contributed by atoms with Crippen LogP contribution in [0.5, 0.6) is 0 Å². The molecule has 49 heavy (non-hydrogen) atoms. The van der Waals surface area contributed by atoms with Crippen LogP contribution in [0, 0.1) is 0 Å². The first-order chi connectivity index (χ1) is 24.1. The maximum atomic E-state index is 2.38. The average molecular weight is 631 g/mol. The molecule has 0 bridgehead atoms. The van der Waals surface area contributed by atoms with Gasteiger partial charge in [0.05, 0.1) is 5.69 Å². The fourth-order valence-corrected chi connectivity index (χ4v) is 6.78. The van der Waals surface area contributed by atoms with Gasteiger partial charge in [0.2, 0.25) is 0 Å². The number of hydrogen-bond donors (Lipinski definition) is 0. The molecule has 0 aromatic heterocycles. The maximum absolute atomic E-state index is 2.38. The Labute approximate surface area is 289 Å². The van der Waals surface area contributed by atoms with Crippen LogP contribution in [0.1, 0.15) is 25.3 Å². The molecule has 0 saturated heterocycles. The molecule has 0 aliphatic heterocycles. The van der Waals surface area contributed by atoms with Crippen molar-refractivity contribution in [3.8, 4) is 11.1 Å². The van der Waals surface area contributed by atoms with E-state index < -0.39 is 0 Å². The van der Waals surface area contributed by atoms with Crippen LogP contribution in [-0.4, -0.2) is 0 Å². The third kappa shape index (κ3) is 6.06. The third-order valence-electron chi connectivity index (χ3n) is 9.42. The van der Waals surface area contributed by atoms with Crippen molar-refractivity contribution < 1.29 is 0 Å². The monoisotopic (exact) mass is 630 g/mol. The predicted molar refractivity (Wildman–Crippen MR) is 210 cm³/mol. The van der Waals surface area contributed by atoms with E-state index in [9.17, 15) is 0 Å². The van der Waals surface area contributed by atoms with Gasteiger partial charge in [0.15, 0.2) is 0 Å². The lowest BCUT2D eigenvalue weighted by atomic mass is 10.0. The van der Waals surface area contributed by atoms with Crippen LogP contribution in [0.15, 0.2) is 188 Å². The first-order valence-corrected chi connectivity index (χ1v) is 17.0. The number of hydrogen-bond acceptors (Lipinski definition) is 2. The van der Waals surface area contributed by atoms with Gasteiger partial charge in [-0.2, -0.15) is 0 Å². The van der Waals surface area contributed by atoms with Crippen molar-refractivity contribution >= 4 is 55.7 Å². The maximum Gasteiger partial charge on any atom is 0.0540 e. The van der Waals surface area contributed by atoms with Crippen molar-refractivity contribution in [3.05, 3.63) is 194 Å². The molecule has 8 rings (SSSR count). The summed E-state index contributed by atoms with van der Waals surface area (Å²) in [7, 11) is 0. The molecule has 0 amide bonds. The van der Waals surface area contributed by atoms with Crippen molar-refractivity contribution in [2.45, 2.75) is 19.8 Å². The second-order valence-corrected chi connectivity index (χ2v) is 12.9. The van der Waals surface area contributed by atoms with E-state index in [1.807, 2.05) is 0 Å². The summed E-state index contributed by atoms with van der Waals surface area (Å²) in [4.78, 5) is 4.70. The molecule has 0 spiro atoms. The minimum Gasteiger partial charge on any atom is -0.310 e. The Hall–Kier alpha value is -6.12. The van der Waals surface area contributed by atoms with Crippen LogP contribution in [0.3, 0.4) is 0 Å². The topological polar surface area (TPSA) is 6.48 Å². The lowest BCUT2D eigenvalue weighted by Crippen LogP contribution is -2.10. The minimum atomic E-state index is 0.484. The smallest absolute Gasteiger partial charge is 0.0540 e. The van der Waals surface area contributed by atoms with Gasteiger partial charge < -0.3 is 9.80 Å². The third-order valence-corrected chi connectivity index (χ3v) is 9.42. The highest BCUT2D eigenvalue weighted by atomic mass is 15.1. The fraction of sp³-hybridized carbons (Fsp3) is 0.0638. The van der Waals surface area contributed by atoms with Gasteiger partial charge in [-0.15, -0.1) is 0 Å². The summed E-state index contributed by atoms with van der Waals surface area (Å²) in [6.45, 7) is 4.48. The molecule has 0 heterocycles. The number of para-hydroxylation sites is 1. The van der Waals surface area contributed by atoms with Crippen molar-refractivity contribution in [2.75, 3.05) is 9.80 Å². The molecule has 0 unspecified atom stereocenters. The number of nitrogens with zero attached hydrogens (tertiary/aromatic N) is 2. The summed E-state index contributed by atoms with van der Waals surface area (Å²) in [5.74, 6) is 0.484. The molecule has 0 aliphatic rings. The quantitative estimate of drug-likeness (QED) is 0.165. The highest BCUT2D eigenvalue weighted by molar-refractivity contribution is 5.99. The SMILES string of the molecule is CC(C)c1ccc(N(c2ccc(-c3ccc(N(c4ccccc4)c4ccc5ccccc5c4)cc3)cc2)c2cccc3ccccc23)cc1. The first-order valence-electron chi connectivity index (χ1n) is 17.0. The number of fused-ring (bicyclic) bond motifs is 2. The van der Waals surface area contributed by atoms with Crippen LogP contribution in [0.2, 0.25) is 0 Å². The zero-order valence-electron chi connectivity index (χ0n) is 27.9. The van der Waals surface area contributed by atoms with Crippen molar-refractivity contribution in [1.82, 2.24) is 0 Å². The normalized spacial score (nSPS) is 11.2. The number of anilines is 6. The molecule has 0 fully saturated rings. The molecule has 0 saturated carbocycles. The molecule has 2 heteroatoms. The largest absolute Gasteiger partial charge is 0.310 e. The Kier molecular flexibility index (Phi) is 8.13. The van der Waals surface area contributed by atoms with Gasteiger partial charge in [-0.05, 0) is 105 Å². The highest BCUT2D eigenvalue weighted by Crippen LogP contribution is 2.41. The van der Waals surface area contributed by atoms with Crippen LogP contribution in [0.4, 0.5) is 34.1 Å². The zero-order chi connectivity index (χ0) is 33.2. The predicted octanol–water partition coefficient (Wildman–Crippen LogP) is 13.7. The zero-order valence-corrected chi connectivity index (χ0v) is 27.9. The Morgan fingerprint density at radius 1 is 0.347 bits per heavy atom. The average Bonchev–Trinajstić information content (AvgIpc) is 3.16.